The zero-order chi connectivity index (χ0) is 22.6. The van der Waals surface area contributed by atoms with Gasteiger partial charge in [-0.25, -0.2) is 0 Å². The summed E-state index contributed by atoms with van der Waals surface area (Å²) in [6, 6.07) is 13.7. The van der Waals surface area contributed by atoms with E-state index in [4.69, 9.17) is 18.9 Å². The fraction of sp³-hybridized carbons (Fsp3) is 0.480. The van der Waals surface area contributed by atoms with E-state index in [1.807, 2.05) is 63.2 Å². The molecular formula is C25H35NO5. The minimum absolute atomic E-state index is 0.0707. The van der Waals surface area contributed by atoms with Crippen LogP contribution in [0.15, 0.2) is 42.5 Å². The molecule has 1 atom stereocenters. The topological polar surface area (TPSA) is 66.0 Å². The van der Waals surface area contributed by atoms with Crippen molar-refractivity contribution in [2.45, 2.75) is 52.7 Å². The van der Waals surface area contributed by atoms with Crippen LogP contribution in [0, 0.1) is 0 Å². The summed E-state index contributed by atoms with van der Waals surface area (Å²) in [4.78, 5) is 12.6. The van der Waals surface area contributed by atoms with Gasteiger partial charge in [0.05, 0.1) is 13.2 Å². The molecule has 0 spiro atoms. The van der Waals surface area contributed by atoms with Crippen LogP contribution in [0.4, 0.5) is 0 Å². The minimum Gasteiger partial charge on any atom is -0.493 e. The number of aryl methyl sites for hydroxylation is 1. The van der Waals surface area contributed by atoms with Gasteiger partial charge in [-0.15, -0.1) is 0 Å². The van der Waals surface area contributed by atoms with E-state index in [0.29, 0.717) is 31.1 Å². The van der Waals surface area contributed by atoms with Crippen LogP contribution in [-0.2, 0) is 22.4 Å². The third-order valence-corrected chi connectivity index (χ3v) is 4.70. The van der Waals surface area contributed by atoms with Crippen molar-refractivity contribution in [3.8, 4) is 17.2 Å². The van der Waals surface area contributed by atoms with Crippen molar-refractivity contribution in [1.29, 1.82) is 0 Å². The fourth-order valence-electron chi connectivity index (χ4n) is 3.06. The quantitative estimate of drug-likeness (QED) is 0.517. The van der Waals surface area contributed by atoms with Gasteiger partial charge in [0.1, 0.15) is 12.4 Å². The Hall–Kier alpha value is -2.73. The van der Waals surface area contributed by atoms with Crippen LogP contribution < -0.4 is 19.5 Å². The molecule has 2 aromatic carbocycles. The number of methoxy groups -OCH3 is 1. The Balaban J connectivity index is 1.86. The van der Waals surface area contributed by atoms with Crippen LogP contribution in [0.1, 0.15) is 38.8 Å². The van der Waals surface area contributed by atoms with E-state index in [0.717, 1.165) is 17.7 Å². The first-order valence-corrected chi connectivity index (χ1v) is 10.9. The second kappa shape index (κ2) is 12.8. The molecule has 31 heavy (non-hydrogen) atoms. The molecule has 0 unspecified atom stereocenters. The summed E-state index contributed by atoms with van der Waals surface area (Å²) in [6.07, 6.45) is 1.06. The van der Waals surface area contributed by atoms with Crippen LogP contribution in [-0.4, -0.2) is 45.0 Å². The van der Waals surface area contributed by atoms with Gasteiger partial charge >= 0.3 is 0 Å². The first-order chi connectivity index (χ1) is 15.0. The Kier molecular flexibility index (Phi) is 10.2. The van der Waals surface area contributed by atoms with Gasteiger partial charge in [-0.2, -0.15) is 0 Å². The molecule has 0 aromatic heterocycles. The Labute approximate surface area is 185 Å². The number of rotatable bonds is 13. The lowest BCUT2D eigenvalue weighted by Crippen LogP contribution is -2.41. The average molecular weight is 430 g/mol. The molecule has 0 heterocycles. The summed E-state index contributed by atoms with van der Waals surface area (Å²) in [7, 11) is 1.62. The van der Waals surface area contributed by atoms with E-state index in [9.17, 15) is 4.79 Å². The summed E-state index contributed by atoms with van der Waals surface area (Å²) in [5, 5.41) is 2.94. The van der Waals surface area contributed by atoms with Crippen LogP contribution in [0.3, 0.4) is 0 Å². The molecule has 2 rings (SSSR count). The van der Waals surface area contributed by atoms with Crippen molar-refractivity contribution in [2.75, 3.05) is 26.9 Å². The lowest BCUT2D eigenvalue weighted by atomic mass is 10.1. The minimum atomic E-state index is -0.660. The molecule has 1 N–H and O–H groups in total. The molecule has 0 aliphatic carbocycles. The number of hydrogen-bond acceptors (Lipinski definition) is 5. The van der Waals surface area contributed by atoms with Gasteiger partial charge in [0.15, 0.2) is 17.6 Å². The van der Waals surface area contributed by atoms with E-state index in [1.54, 1.807) is 7.11 Å². The van der Waals surface area contributed by atoms with E-state index in [2.05, 4.69) is 12.2 Å². The predicted octanol–water partition coefficient (Wildman–Crippen LogP) is 4.19. The molecule has 6 heteroatoms. The van der Waals surface area contributed by atoms with E-state index < -0.39 is 6.10 Å². The number of amides is 1. The molecule has 0 aliphatic rings. The number of benzene rings is 2. The normalized spacial score (nSPS) is 11.8. The Morgan fingerprint density at radius 2 is 1.71 bits per heavy atom. The van der Waals surface area contributed by atoms with Crippen molar-refractivity contribution in [1.82, 2.24) is 5.32 Å². The lowest BCUT2D eigenvalue weighted by molar-refractivity contribution is -0.134. The number of carbonyl (C=O) groups excluding carboxylic acids is 1. The van der Waals surface area contributed by atoms with Gasteiger partial charge < -0.3 is 24.3 Å². The first kappa shape index (κ1) is 24.5. The van der Waals surface area contributed by atoms with E-state index >= 15 is 0 Å². The smallest absolute Gasteiger partial charge is 0.252 e. The molecule has 0 saturated heterocycles. The van der Waals surface area contributed by atoms with E-state index in [1.165, 1.54) is 5.56 Å². The molecule has 0 saturated carbocycles. The zero-order valence-corrected chi connectivity index (χ0v) is 19.3. The first-order valence-electron chi connectivity index (χ1n) is 10.9. The van der Waals surface area contributed by atoms with Crippen LogP contribution in [0.25, 0.3) is 0 Å². The standard InChI is InChI=1S/C25H35NO5/c1-6-19-8-11-21(12-9-19)30-17-24(29-7-2)25(27)26-15-14-20-10-13-22(31-18(3)4)23(16-20)28-5/h8-13,16,18,24H,6-7,14-15,17H2,1-5H3,(H,26,27)/t24-/m1/s1. The molecule has 0 radical (unpaired) electrons. The van der Waals surface area contributed by atoms with Gasteiger partial charge in [-0.05, 0) is 69.0 Å². The van der Waals surface area contributed by atoms with Crippen LogP contribution in [0.2, 0.25) is 0 Å². The van der Waals surface area contributed by atoms with Gasteiger partial charge in [0.2, 0.25) is 0 Å². The van der Waals surface area contributed by atoms with Gasteiger partial charge in [0, 0.05) is 13.2 Å². The summed E-state index contributed by atoms with van der Waals surface area (Å²) < 4.78 is 22.5. The number of nitrogens with one attached hydrogen (secondary N) is 1. The summed E-state index contributed by atoms with van der Waals surface area (Å²) in [6.45, 7) is 9.01. The maximum Gasteiger partial charge on any atom is 0.252 e. The van der Waals surface area contributed by atoms with Crippen LogP contribution in [0.5, 0.6) is 17.2 Å². The number of carbonyl (C=O) groups is 1. The summed E-state index contributed by atoms with van der Waals surface area (Å²) >= 11 is 0. The molecular weight excluding hydrogens is 394 g/mol. The van der Waals surface area contributed by atoms with Crippen molar-refractivity contribution in [2.24, 2.45) is 0 Å². The maximum atomic E-state index is 12.6. The summed E-state index contributed by atoms with van der Waals surface area (Å²) in [5.41, 5.74) is 2.29. The Bertz CT molecular complexity index is 804. The predicted molar refractivity (Wildman–Crippen MR) is 122 cm³/mol. The molecule has 0 bridgehead atoms. The highest BCUT2D eigenvalue weighted by Crippen LogP contribution is 2.29. The highest BCUT2D eigenvalue weighted by Gasteiger charge is 2.19. The van der Waals surface area contributed by atoms with Crippen molar-refractivity contribution in [3.05, 3.63) is 53.6 Å². The lowest BCUT2D eigenvalue weighted by Gasteiger charge is -2.18. The molecule has 2 aromatic rings. The second-order valence-electron chi connectivity index (χ2n) is 7.45. The number of ether oxygens (including phenoxy) is 4. The molecule has 6 nitrogen and oxygen atoms in total. The Morgan fingerprint density at radius 3 is 2.32 bits per heavy atom. The zero-order valence-electron chi connectivity index (χ0n) is 19.3. The summed E-state index contributed by atoms with van der Waals surface area (Å²) in [5.74, 6) is 1.95. The largest absolute Gasteiger partial charge is 0.493 e. The van der Waals surface area contributed by atoms with Gasteiger partial charge in [0.25, 0.3) is 5.91 Å². The molecule has 0 fully saturated rings. The Morgan fingerprint density at radius 1 is 1.00 bits per heavy atom. The molecule has 170 valence electrons. The monoisotopic (exact) mass is 429 g/mol. The van der Waals surface area contributed by atoms with Gasteiger partial charge in [-0.1, -0.05) is 25.1 Å². The highest BCUT2D eigenvalue weighted by atomic mass is 16.5. The fourth-order valence-corrected chi connectivity index (χ4v) is 3.06. The third kappa shape index (κ3) is 8.13. The SMILES string of the molecule is CCO[C@H](COc1ccc(CC)cc1)C(=O)NCCc1ccc(OC(C)C)c(OC)c1. The van der Waals surface area contributed by atoms with Crippen molar-refractivity contribution >= 4 is 5.91 Å². The van der Waals surface area contributed by atoms with Gasteiger partial charge in [-0.3, -0.25) is 4.79 Å². The highest BCUT2D eigenvalue weighted by molar-refractivity contribution is 5.81. The van der Waals surface area contributed by atoms with E-state index in [-0.39, 0.29) is 18.6 Å². The molecule has 1 amide bonds. The second-order valence-corrected chi connectivity index (χ2v) is 7.45. The van der Waals surface area contributed by atoms with Crippen LogP contribution >= 0.6 is 0 Å². The van der Waals surface area contributed by atoms with Crippen molar-refractivity contribution in [3.63, 3.8) is 0 Å². The maximum absolute atomic E-state index is 12.6. The third-order valence-electron chi connectivity index (χ3n) is 4.70. The average Bonchev–Trinajstić information content (AvgIpc) is 2.77. The molecule has 0 aliphatic heterocycles. The number of hydrogen-bond donors (Lipinski definition) is 1. The van der Waals surface area contributed by atoms with Crippen molar-refractivity contribution < 1.29 is 23.7 Å².